The van der Waals surface area contributed by atoms with Crippen LogP contribution in [0.25, 0.3) is 0 Å². The minimum absolute atomic E-state index is 0.143. The number of ether oxygens (including phenoxy) is 12. The van der Waals surface area contributed by atoms with Crippen molar-refractivity contribution in [3.05, 3.63) is 191 Å². The Morgan fingerprint density at radius 3 is 0.704 bits per heavy atom. The van der Waals surface area contributed by atoms with Gasteiger partial charge in [0.25, 0.3) is 0 Å². The zero-order valence-corrected chi connectivity index (χ0v) is 60.2. The van der Waals surface area contributed by atoms with Crippen LogP contribution in [0.15, 0.2) is 168 Å². The Hall–Kier alpha value is -11.5. The normalized spacial score (nSPS) is 21.6. The van der Waals surface area contributed by atoms with E-state index in [0.717, 1.165) is 22.3 Å². The van der Waals surface area contributed by atoms with Crippen molar-refractivity contribution in [3.8, 4) is 0 Å². The highest BCUT2D eigenvalue weighted by atomic mass is 16.7. The number of amides is 8. The second-order valence-electron chi connectivity index (χ2n) is 24.8. The van der Waals surface area contributed by atoms with Crippen LogP contribution in [0.1, 0.15) is 101 Å². The molecule has 4 aromatic carbocycles. The van der Waals surface area contributed by atoms with Crippen LogP contribution >= 0.6 is 0 Å². The van der Waals surface area contributed by atoms with Crippen molar-refractivity contribution in [2.24, 2.45) is 0 Å². The van der Waals surface area contributed by atoms with Gasteiger partial charge < -0.3 is 78.1 Å². The molecule has 2 unspecified atom stereocenters. The summed E-state index contributed by atoms with van der Waals surface area (Å²) in [7, 11) is 0. The first-order valence-electron chi connectivity index (χ1n) is 35.6. The maximum absolute atomic E-state index is 12.6. The lowest BCUT2D eigenvalue weighted by Gasteiger charge is -2.24. The van der Waals surface area contributed by atoms with Crippen molar-refractivity contribution < 1.29 is 114 Å². The minimum Gasteiger partial charge on any atom is -0.445 e. The van der Waals surface area contributed by atoms with Crippen LogP contribution in [0.3, 0.4) is 0 Å². The number of nitrogens with one attached hydrogen (secondary N) is 4. The van der Waals surface area contributed by atoms with E-state index in [-0.39, 0.29) is 49.2 Å². The predicted octanol–water partition coefficient (Wildman–Crippen LogP) is 6.83. The monoisotopic (exact) mass is 1500 g/mol. The molecule has 4 saturated heterocycles. The number of carbonyl (C=O) groups excluding carboxylic acids is 12. The molecule has 32 nitrogen and oxygen atoms in total. The van der Waals surface area contributed by atoms with E-state index in [0.29, 0.717) is 104 Å². The number of esters is 4. The number of nitrogens with zero attached hydrogens (tertiary/aromatic N) is 4. The molecule has 8 atom stereocenters. The maximum atomic E-state index is 12.6. The van der Waals surface area contributed by atoms with Gasteiger partial charge in [-0.25, -0.2) is 38.4 Å². The average molecular weight is 1500 g/mol. The third kappa shape index (κ3) is 23.3. The van der Waals surface area contributed by atoms with Gasteiger partial charge in [-0.1, -0.05) is 121 Å². The van der Waals surface area contributed by atoms with Crippen LogP contribution in [0, 0.1) is 0 Å². The molecule has 0 aliphatic carbocycles. The molecular weight excluding hydrogens is 1410 g/mol. The SMILES string of the molecule is CCO[C@@H]1OC(=O)C=C1NC(=O)C1CCCN1C(=O)OCc1ccccc1.CCO[C@@H]1OC(=O)C=C1NC(=O)[C@@H]1CCCN1C(=O)OCc1ccccc1.CCO[C@H]1OC(=O)C=C1NC(=O)C1CCCN1C(=O)OCc1ccccc1.CCO[C@H]1OC(=O)C=C1NC(=O)[C@@H]1CCCN1C(=O)OCc1ccccc1. The summed E-state index contributed by atoms with van der Waals surface area (Å²) in [5.74, 6) is -3.86. The van der Waals surface area contributed by atoms with E-state index in [2.05, 4.69) is 21.3 Å². The topological polar surface area (TPSA) is 377 Å². The molecule has 0 radical (unpaired) electrons. The van der Waals surface area contributed by atoms with Crippen molar-refractivity contribution in [1.29, 1.82) is 0 Å². The molecule has 0 saturated carbocycles. The highest BCUT2D eigenvalue weighted by Crippen LogP contribution is 2.27. The van der Waals surface area contributed by atoms with Gasteiger partial charge in [-0.15, -0.1) is 0 Å². The maximum Gasteiger partial charge on any atom is 0.410 e. The van der Waals surface area contributed by atoms with E-state index in [4.69, 9.17) is 56.8 Å². The Morgan fingerprint density at radius 2 is 0.519 bits per heavy atom. The fourth-order valence-corrected chi connectivity index (χ4v) is 12.2. The number of benzene rings is 4. The second kappa shape index (κ2) is 40.9. The first kappa shape index (κ1) is 80.6. The molecule has 4 N–H and O–H groups in total. The van der Waals surface area contributed by atoms with E-state index in [1.807, 2.05) is 121 Å². The summed E-state index contributed by atoms with van der Waals surface area (Å²) >= 11 is 0. The smallest absolute Gasteiger partial charge is 0.410 e. The van der Waals surface area contributed by atoms with Gasteiger partial charge in [0.1, 0.15) is 50.6 Å². The van der Waals surface area contributed by atoms with Crippen molar-refractivity contribution in [2.45, 2.75) is 155 Å². The van der Waals surface area contributed by atoms with Gasteiger partial charge in [0.05, 0.1) is 22.8 Å². The summed E-state index contributed by atoms with van der Waals surface area (Å²) in [6.07, 6.45) is 3.77. The van der Waals surface area contributed by atoms with Crippen LogP contribution < -0.4 is 21.3 Å². The Labute approximate surface area is 622 Å². The number of cyclic esters (lactones) is 4. The van der Waals surface area contributed by atoms with E-state index < -0.39 is 121 Å². The van der Waals surface area contributed by atoms with Gasteiger partial charge in [-0.3, -0.25) is 38.8 Å². The highest BCUT2D eigenvalue weighted by molar-refractivity contribution is 5.94. The van der Waals surface area contributed by atoms with Gasteiger partial charge in [0.15, 0.2) is 0 Å². The molecule has 12 rings (SSSR count). The predicted molar refractivity (Wildman–Crippen MR) is 376 cm³/mol. The molecule has 8 amide bonds. The summed E-state index contributed by atoms with van der Waals surface area (Å²) in [6, 6.07) is 34.7. The van der Waals surface area contributed by atoms with E-state index >= 15 is 0 Å². The third-order valence-corrected chi connectivity index (χ3v) is 17.3. The van der Waals surface area contributed by atoms with E-state index in [1.54, 1.807) is 27.7 Å². The lowest BCUT2D eigenvalue weighted by molar-refractivity contribution is -0.160. The van der Waals surface area contributed by atoms with Gasteiger partial charge in [0.2, 0.25) is 48.8 Å². The zero-order chi connectivity index (χ0) is 76.9. The van der Waals surface area contributed by atoms with Gasteiger partial charge >= 0.3 is 48.3 Å². The lowest BCUT2D eigenvalue weighted by Crippen LogP contribution is -2.46. The Morgan fingerprint density at radius 1 is 0.324 bits per heavy atom. The first-order valence-corrected chi connectivity index (χ1v) is 35.6. The quantitative estimate of drug-likeness (QED) is 0.0412. The van der Waals surface area contributed by atoms with Crippen LogP contribution in [0.2, 0.25) is 0 Å². The van der Waals surface area contributed by atoms with Crippen LogP contribution in [-0.4, -0.2) is 193 Å². The van der Waals surface area contributed by atoms with Crippen LogP contribution in [-0.2, 0) is 122 Å². The van der Waals surface area contributed by atoms with Gasteiger partial charge in [0, 0.05) is 76.9 Å². The fourth-order valence-electron chi connectivity index (χ4n) is 12.2. The molecule has 4 aromatic rings. The fraction of sp³-hybridized carbons (Fsp3) is 0.421. The van der Waals surface area contributed by atoms with Crippen molar-refractivity contribution in [1.82, 2.24) is 40.9 Å². The Bertz CT molecular complexity index is 3430. The Kier molecular flexibility index (Phi) is 30.5. The molecule has 8 aliphatic heterocycles. The van der Waals surface area contributed by atoms with E-state index in [9.17, 15) is 57.5 Å². The summed E-state index contributed by atoms with van der Waals surface area (Å²) in [6.45, 7) is 10.7. The summed E-state index contributed by atoms with van der Waals surface area (Å²) in [4.78, 5) is 151. The van der Waals surface area contributed by atoms with Crippen molar-refractivity contribution >= 4 is 71.9 Å². The van der Waals surface area contributed by atoms with E-state index in [1.165, 1.54) is 43.9 Å². The Balaban J connectivity index is 0.000000166. The second-order valence-corrected chi connectivity index (χ2v) is 24.8. The van der Waals surface area contributed by atoms with Crippen molar-refractivity contribution in [3.63, 3.8) is 0 Å². The molecule has 108 heavy (non-hydrogen) atoms. The molecule has 0 bridgehead atoms. The standard InChI is InChI=1S/4C19H22N2O6/c4*1-2-25-18-14(11-16(22)27-18)20-17(23)15-9-6-10-21(15)19(24)26-12-13-7-4-3-5-8-13/h4*3-5,7-8,11,15,18H,2,6,9-10,12H2,1H3,(H,20,23)/t2*15?,18-;15-,18+;15-,18-/m1000/s1. The molecule has 0 spiro atoms. The largest absolute Gasteiger partial charge is 0.445 e. The zero-order valence-electron chi connectivity index (χ0n) is 60.2. The lowest BCUT2D eigenvalue weighted by atomic mass is 10.2. The summed E-state index contributed by atoms with van der Waals surface area (Å²) in [5, 5.41) is 10.6. The summed E-state index contributed by atoms with van der Waals surface area (Å²) < 4.78 is 62.3. The molecular formula is C76H88N8O24. The number of rotatable bonds is 24. The van der Waals surface area contributed by atoms with Gasteiger partial charge in [-0.05, 0) is 101 Å². The molecule has 0 aromatic heterocycles. The number of hydrogen-bond donors (Lipinski definition) is 4. The molecule has 8 aliphatic rings. The number of carbonyl (C=O) groups is 12. The van der Waals surface area contributed by atoms with Crippen LogP contribution in [0.5, 0.6) is 0 Å². The summed E-state index contributed by atoms with van der Waals surface area (Å²) in [5.41, 5.74) is 4.48. The molecule has 32 heteroatoms. The first-order chi connectivity index (χ1) is 52.3. The molecule has 576 valence electrons. The average Bonchev–Trinajstić information content (AvgIpc) is 1.67. The van der Waals surface area contributed by atoms with Gasteiger partial charge in [-0.2, -0.15) is 0 Å². The van der Waals surface area contributed by atoms with Crippen molar-refractivity contribution in [2.75, 3.05) is 52.6 Å². The number of hydrogen-bond acceptors (Lipinski definition) is 24. The molecule has 4 fully saturated rings. The minimum atomic E-state index is -0.925. The van der Waals surface area contributed by atoms with Crippen LogP contribution in [0.4, 0.5) is 19.2 Å². The highest BCUT2D eigenvalue weighted by Gasteiger charge is 2.42. The molecule has 8 heterocycles. The number of likely N-dealkylation sites (tertiary alicyclic amines) is 4. The third-order valence-electron chi connectivity index (χ3n) is 17.3.